The summed E-state index contributed by atoms with van der Waals surface area (Å²) in [6.07, 6.45) is 7.73. The molecule has 0 amide bonds. The molecule has 4 nitrogen and oxygen atoms in total. The third kappa shape index (κ3) is 4.42. The predicted molar refractivity (Wildman–Crippen MR) is 96.1 cm³/mol. The van der Waals surface area contributed by atoms with E-state index in [2.05, 4.69) is 20.6 Å². The lowest BCUT2D eigenvalue weighted by atomic mass is 9.91. The average Bonchev–Trinajstić information content (AvgIpc) is 2.62. The number of halogens is 2. The highest BCUT2D eigenvalue weighted by Crippen LogP contribution is 2.30. The van der Waals surface area contributed by atoms with E-state index in [1.54, 1.807) is 12.4 Å². The summed E-state index contributed by atoms with van der Waals surface area (Å²) in [5.74, 6) is 0. The number of hydrogen-bond donors (Lipinski definition) is 2. The van der Waals surface area contributed by atoms with E-state index in [1.165, 1.54) is 0 Å². The lowest BCUT2D eigenvalue weighted by Crippen LogP contribution is -2.37. The van der Waals surface area contributed by atoms with E-state index in [0.717, 1.165) is 42.6 Å². The summed E-state index contributed by atoms with van der Waals surface area (Å²) in [5, 5.41) is 7.33. The van der Waals surface area contributed by atoms with Crippen molar-refractivity contribution in [1.82, 2.24) is 15.3 Å². The third-order valence-electron chi connectivity index (χ3n) is 4.43. The van der Waals surface area contributed by atoms with Crippen LogP contribution >= 0.6 is 11.6 Å². The van der Waals surface area contributed by atoms with Crippen LogP contribution in [0.4, 0.5) is 10.1 Å². The summed E-state index contributed by atoms with van der Waals surface area (Å²) in [5.41, 5.74) is 2.80. The summed E-state index contributed by atoms with van der Waals surface area (Å²) < 4.78 is 12.3. The van der Waals surface area contributed by atoms with Crippen molar-refractivity contribution in [3.8, 4) is 11.3 Å². The van der Waals surface area contributed by atoms with Crippen molar-refractivity contribution in [2.75, 3.05) is 18.5 Å². The quantitative estimate of drug-likeness (QED) is 0.772. The molecule has 0 radical (unpaired) electrons. The molecular weight excluding hydrogens is 327 g/mol. The lowest BCUT2D eigenvalue weighted by molar-refractivity contribution is 0.339. The molecule has 0 atom stereocenters. The summed E-state index contributed by atoms with van der Waals surface area (Å²) in [7, 11) is 0. The molecule has 2 aromatic rings. The molecule has 0 aliphatic heterocycles. The number of anilines is 1. The lowest BCUT2D eigenvalue weighted by Gasteiger charge is -2.30. The molecule has 24 heavy (non-hydrogen) atoms. The maximum absolute atomic E-state index is 12.3. The van der Waals surface area contributed by atoms with Gasteiger partial charge in [0.05, 0.1) is 5.69 Å². The van der Waals surface area contributed by atoms with E-state index >= 15 is 0 Å². The maximum atomic E-state index is 12.3. The van der Waals surface area contributed by atoms with Gasteiger partial charge in [-0.05, 0) is 43.9 Å². The molecule has 128 valence electrons. The van der Waals surface area contributed by atoms with Crippen molar-refractivity contribution < 1.29 is 4.39 Å². The molecule has 1 aliphatic carbocycles. The maximum Gasteiger partial charge on any atom is 0.131 e. The van der Waals surface area contributed by atoms with E-state index in [9.17, 15) is 4.39 Å². The molecule has 6 heteroatoms. The van der Waals surface area contributed by atoms with Gasteiger partial charge in [0.15, 0.2) is 0 Å². The summed E-state index contributed by atoms with van der Waals surface area (Å²) >= 11 is 6.09. The molecule has 1 aliphatic rings. The number of rotatable bonds is 6. The van der Waals surface area contributed by atoms with E-state index in [1.807, 2.05) is 24.3 Å². The topological polar surface area (TPSA) is 49.8 Å². The Labute approximate surface area is 146 Å². The molecule has 3 rings (SSSR count). The van der Waals surface area contributed by atoms with Crippen LogP contribution in [0.2, 0.25) is 5.15 Å². The van der Waals surface area contributed by atoms with E-state index in [0.29, 0.717) is 23.8 Å². The summed E-state index contributed by atoms with van der Waals surface area (Å²) in [6, 6.07) is 8.49. The molecule has 2 N–H and O–H groups in total. The molecule has 0 spiro atoms. The molecule has 1 saturated carbocycles. The Morgan fingerprint density at radius 2 is 1.92 bits per heavy atom. The Morgan fingerprint density at radius 1 is 1.12 bits per heavy atom. The smallest absolute Gasteiger partial charge is 0.131 e. The van der Waals surface area contributed by atoms with Gasteiger partial charge in [-0.2, -0.15) is 0 Å². The van der Waals surface area contributed by atoms with Crippen LogP contribution < -0.4 is 10.6 Å². The SMILES string of the molecule is FCCNC1CCC(Nc2cc(Cl)ncc2-c2ccccn2)CC1. The number of aromatic nitrogens is 2. The van der Waals surface area contributed by atoms with Crippen molar-refractivity contribution in [2.24, 2.45) is 0 Å². The van der Waals surface area contributed by atoms with E-state index in [-0.39, 0.29) is 6.67 Å². The standard InChI is InChI=1S/C18H22ClFN4/c19-18-11-17(15(12-23-18)16-3-1-2-9-22-16)24-14-6-4-13(5-7-14)21-10-8-20/h1-3,9,11-14,21H,4-8,10H2,(H,23,24). The molecule has 1 fully saturated rings. The average molecular weight is 349 g/mol. The number of pyridine rings is 2. The van der Waals surface area contributed by atoms with Gasteiger partial charge in [-0.15, -0.1) is 0 Å². The Bertz CT molecular complexity index is 645. The fourth-order valence-corrected chi connectivity index (χ4v) is 3.35. The fraction of sp³-hybridized carbons (Fsp3) is 0.444. The summed E-state index contributed by atoms with van der Waals surface area (Å²) in [4.78, 5) is 8.60. The van der Waals surface area contributed by atoms with Gasteiger partial charge in [0.25, 0.3) is 0 Å². The molecule has 2 heterocycles. The van der Waals surface area contributed by atoms with Crippen LogP contribution in [0.5, 0.6) is 0 Å². The minimum Gasteiger partial charge on any atom is -0.382 e. The van der Waals surface area contributed by atoms with Crippen molar-refractivity contribution in [1.29, 1.82) is 0 Å². The van der Waals surface area contributed by atoms with Crippen LogP contribution in [0, 0.1) is 0 Å². The van der Waals surface area contributed by atoms with Crippen LogP contribution in [0.25, 0.3) is 11.3 Å². The first-order valence-corrected chi connectivity index (χ1v) is 8.77. The van der Waals surface area contributed by atoms with Gasteiger partial charge >= 0.3 is 0 Å². The molecule has 2 aromatic heterocycles. The zero-order valence-electron chi connectivity index (χ0n) is 13.5. The molecule has 0 bridgehead atoms. The Balaban J connectivity index is 1.68. The number of hydrogen-bond acceptors (Lipinski definition) is 4. The van der Waals surface area contributed by atoms with Crippen LogP contribution in [0.15, 0.2) is 36.7 Å². The molecule has 0 unspecified atom stereocenters. The predicted octanol–water partition coefficient (Wildman–Crippen LogP) is 4.08. The van der Waals surface area contributed by atoms with Crippen LogP contribution in [-0.2, 0) is 0 Å². The first-order chi connectivity index (χ1) is 11.8. The second-order valence-electron chi connectivity index (χ2n) is 6.10. The van der Waals surface area contributed by atoms with Crippen LogP contribution in [0.1, 0.15) is 25.7 Å². The number of nitrogens with zero attached hydrogens (tertiary/aromatic N) is 2. The largest absolute Gasteiger partial charge is 0.382 e. The minimum atomic E-state index is -0.304. The number of nitrogens with one attached hydrogen (secondary N) is 2. The van der Waals surface area contributed by atoms with Gasteiger partial charge in [0.1, 0.15) is 11.8 Å². The van der Waals surface area contributed by atoms with Crippen LogP contribution in [-0.4, -0.2) is 35.3 Å². The highest BCUT2D eigenvalue weighted by atomic mass is 35.5. The Kier molecular flexibility index (Phi) is 5.99. The highest BCUT2D eigenvalue weighted by Gasteiger charge is 2.21. The van der Waals surface area contributed by atoms with Crippen molar-refractivity contribution in [2.45, 2.75) is 37.8 Å². The zero-order chi connectivity index (χ0) is 16.8. The summed E-state index contributed by atoms with van der Waals surface area (Å²) in [6.45, 7) is 0.147. The highest BCUT2D eigenvalue weighted by molar-refractivity contribution is 6.29. The molecule has 0 saturated heterocycles. The van der Waals surface area contributed by atoms with Gasteiger partial charge in [-0.3, -0.25) is 4.98 Å². The number of alkyl halides is 1. The normalized spacial score (nSPS) is 20.8. The van der Waals surface area contributed by atoms with Crippen molar-refractivity contribution in [3.63, 3.8) is 0 Å². The first-order valence-electron chi connectivity index (χ1n) is 8.39. The van der Waals surface area contributed by atoms with Gasteiger partial charge < -0.3 is 10.6 Å². The Hall–Kier alpha value is -1.72. The monoisotopic (exact) mass is 348 g/mol. The minimum absolute atomic E-state index is 0.304. The van der Waals surface area contributed by atoms with Crippen molar-refractivity contribution in [3.05, 3.63) is 41.8 Å². The van der Waals surface area contributed by atoms with Gasteiger partial charge in [0, 0.05) is 42.3 Å². The van der Waals surface area contributed by atoms with Gasteiger partial charge in [0.2, 0.25) is 0 Å². The van der Waals surface area contributed by atoms with E-state index < -0.39 is 0 Å². The van der Waals surface area contributed by atoms with Gasteiger partial charge in [-0.25, -0.2) is 9.37 Å². The van der Waals surface area contributed by atoms with Gasteiger partial charge in [-0.1, -0.05) is 17.7 Å². The third-order valence-corrected chi connectivity index (χ3v) is 4.63. The second kappa shape index (κ2) is 8.40. The van der Waals surface area contributed by atoms with E-state index in [4.69, 9.17) is 11.6 Å². The molecular formula is C18H22ClFN4. The first kappa shape index (κ1) is 17.1. The second-order valence-corrected chi connectivity index (χ2v) is 6.49. The molecule has 0 aromatic carbocycles. The van der Waals surface area contributed by atoms with Crippen LogP contribution in [0.3, 0.4) is 0 Å². The van der Waals surface area contributed by atoms with Crippen molar-refractivity contribution >= 4 is 17.3 Å². The fourth-order valence-electron chi connectivity index (χ4n) is 3.20. The Morgan fingerprint density at radius 3 is 2.62 bits per heavy atom. The zero-order valence-corrected chi connectivity index (χ0v) is 14.3.